The molecule has 1 saturated heterocycles. The van der Waals surface area contributed by atoms with Crippen molar-refractivity contribution in [3.63, 3.8) is 0 Å². The van der Waals surface area contributed by atoms with Gasteiger partial charge in [-0.25, -0.2) is 9.78 Å². The van der Waals surface area contributed by atoms with E-state index in [1.54, 1.807) is 0 Å². The fraction of sp³-hybridized carbons (Fsp3) is 0.231. The molecule has 156 valence electrons. The van der Waals surface area contributed by atoms with Crippen LogP contribution in [0.4, 0.5) is 4.79 Å². The molecule has 1 atom stereocenters. The Balaban J connectivity index is 1.36. The maximum absolute atomic E-state index is 12.8. The predicted molar refractivity (Wildman–Crippen MR) is 122 cm³/mol. The lowest BCUT2D eigenvalue weighted by Gasteiger charge is -2.22. The molecule has 1 fully saturated rings. The van der Waals surface area contributed by atoms with Crippen molar-refractivity contribution in [3.8, 4) is 11.1 Å². The molecular formula is C26H25N3O2. The fourth-order valence-electron chi connectivity index (χ4n) is 4.29. The number of benzene rings is 3. The number of hydrogen-bond donors (Lipinski definition) is 1. The first kappa shape index (κ1) is 19.4. The van der Waals surface area contributed by atoms with Crippen LogP contribution in [0.3, 0.4) is 0 Å². The van der Waals surface area contributed by atoms with Crippen molar-refractivity contribution in [2.75, 3.05) is 6.54 Å². The van der Waals surface area contributed by atoms with Crippen molar-refractivity contribution in [2.24, 2.45) is 0 Å². The second-order valence-corrected chi connectivity index (χ2v) is 8.05. The first-order valence-corrected chi connectivity index (χ1v) is 10.7. The van der Waals surface area contributed by atoms with Gasteiger partial charge in [-0.3, -0.25) is 0 Å². The van der Waals surface area contributed by atoms with Crippen LogP contribution in [-0.4, -0.2) is 22.5 Å². The van der Waals surface area contributed by atoms with Gasteiger partial charge in [0.05, 0.1) is 0 Å². The number of carbonyl (C=O) groups is 1. The molecule has 4 aromatic rings. The molecule has 0 spiro atoms. The average molecular weight is 412 g/mol. The van der Waals surface area contributed by atoms with Crippen LogP contribution in [0, 0.1) is 6.92 Å². The third-order valence-electron chi connectivity index (χ3n) is 5.95. The molecule has 3 aromatic carbocycles. The Hall–Kier alpha value is -3.60. The summed E-state index contributed by atoms with van der Waals surface area (Å²) in [6, 6.07) is 24.2. The summed E-state index contributed by atoms with van der Waals surface area (Å²) in [4.78, 5) is 19.5. The zero-order valence-corrected chi connectivity index (χ0v) is 17.5. The second kappa shape index (κ2) is 8.26. The van der Waals surface area contributed by atoms with E-state index in [1.165, 1.54) is 11.1 Å². The number of urea groups is 1. The zero-order valence-electron chi connectivity index (χ0n) is 17.5. The summed E-state index contributed by atoms with van der Waals surface area (Å²) >= 11 is 0. The number of oxazole rings is 1. The lowest BCUT2D eigenvalue weighted by atomic mass is 10.0. The Morgan fingerprint density at radius 2 is 1.90 bits per heavy atom. The summed E-state index contributed by atoms with van der Waals surface area (Å²) in [6.07, 6.45) is 1.80. The molecule has 0 bridgehead atoms. The summed E-state index contributed by atoms with van der Waals surface area (Å²) in [7, 11) is 0. The van der Waals surface area contributed by atoms with Gasteiger partial charge in [0.15, 0.2) is 5.58 Å². The molecule has 31 heavy (non-hydrogen) atoms. The van der Waals surface area contributed by atoms with Gasteiger partial charge in [0.2, 0.25) is 5.89 Å². The number of aryl methyl sites for hydroxylation is 1. The highest BCUT2D eigenvalue weighted by molar-refractivity contribution is 5.81. The van der Waals surface area contributed by atoms with Crippen LogP contribution in [0.5, 0.6) is 0 Å². The Bertz CT molecular complexity index is 1220. The summed E-state index contributed by atoms with van der Waals surface area (Å²) in [5.41, 5.74) is 6.20. The first-order chi connectivity index (χ1) is 15.2. The van der Waals surface area contributed by atoms with Crippen LogP contribution >= 0.6 is 0 Å². The smallest absolute Gasteiger partial charge is 0.318 e. The molecule has 5 nitrogen and oxygen atoms in total. The topological polar surface area (TPSA) is 58.4 Å². The molecule has 1 aromatic heterocycles. The normalized spacial score (nSPS) is 16.0. The molecule has 1 unspecified atom stereocenters. The maximum atomic E-state index is 12.8. The van der Waals surface area contributed by atoms with E-state index in [0.717, 1.165) is 35.1 Å². The highest BCUT2D eigenvalue weighted by atomic mass is 16.4. The maximum Gasteiger partial charge on any atom is 0.318 e. The average Bonchev–Trinajstić information content (AvgIpc) is 3.45. The Morgan fingerprint density at radius 3 is 2.74 bits per heavy atom. The lowest BCUT2D eigenvalue weighted by molar-refractivity contribution is 0.184. The number of hydrogen-bond acceptors (Lipinski definition) is 3. The molecule has 2 amide bonds. The van der Waals surface area contributed by atoms with Gasteiger partial charge in [0.1, 0.15) is 11.6 Å². The van der Waals surface area contributed by atoms with Gasteiger partial charge in [0.25, 0.3) is 0 Å². The summed E-state index contributed by atoms with van der Waals surface area (Å²) < 4.78 is 6.08. The SMILES string of the molecule is Cc1ccccc1-c1ccc2oc(C3CCCN3C(=O)NCc3ccccc3)nc2c1. The van der Waals surface area contributed by atoms with E-state index in [9.17, 15) is 4.79 Å². The highest BCUT2D eigenvalue weighted by Crippen LogP contribution is 2.34. The Morgan fingerprint density at radius 1 is 1.10 bits per heavy atom. The van der Waals surface area contributed by atoms with E-state index in [4.69, 9.17) is 9.40 Å². The minimum Gasteiger partial charge on any atom is -0.438 e. The number of carbonyl (C=O) groups excluding carboxylic acids is 1. The highest BCUT2D eigenvalue weighted by Gasteiger charge is 2.33. The van der Waals surface area contributed by atoms with Crippen molar-refractivity contribution in [1.82, 2.24) is 15.2 Å². The van der Waals surface area contributed by atoms with Crippen LogP contribution in [0.25, 0.3) is 22.2 Å². The van der Waals surface area contributed by atoms with E-state index >= 15 is 0 Å². The van der Waals surface area contributed by atoms with Gasteiger partial charge >= 0.3 is 6.03 Å². The van der Waals surface area contributed by atoms with Crippen LogP contribution in [0.2, 0.25) is 0 Å². The van der Waals surface area contributed by atoms with E-state index in [2.05, 4.69) is 36.5 Å². The number of rotatable bonds is 4. The molecule has 2 heterocycles. The second-order valence-electron chi connectivity index (χ2n) is 8.05. The van der Waals surface area contributed by atoms with Gasteiger partial charge in [-0.2, -0.15) is 0 Å². The van der Waals surface area contributed by atoms with Crippen molar-refractivity contribution >= 4 is 17.1 Å². The summed E-state index contributed by atoms with van der Waals surface area (Å²) in [5, 5.41) is 3.03. The van der Waals surface area contributed by atoms with Gasteiger partial charge in [-0.15, -0.1) is 0 Å². The molecule has 0 saturated carbocycles. The minimum atomic E-state index is -0.134. The minimum absolute atomic E-state index is 0.0748. The van der Waals surface area contributed by atoms with E-state index < -0.39 is 0 Å². The molecule has 5 rings (SSSR count). The first-order valence-electron chi connectivity index (χ1n) is 10.7. The molecule has 0 radical (unpaired) electrons. The number of nitrogens with zero attached hydrogens (tertiary/aromatic N) is 2. The number of nitrogens with one attached hydrogen (secondary N) is 1. The van der Waals surface area contributed by atoms with Gasteiger partial charge in [0, 0.05) is 13.1 Å². The third kappa shape index (κ3) is 3.91. The number of aromatic nitrogens is 1. The Labute approximate surface area is 181 Å². The van der Waals surface area contributed by atoms with E-state index in [1.807, 2.05) is 53.4 Å². The van der Waals surface area contributed by atoms with Crippen molar-refractivity contribution in [1.29, 1.82) is 0 Å². The predicted octanol–water partition coefficient (Wildman–Crippen LogP) is 5.85. The standard InChI is InChI=1S/C26H25N3O2/c1-18-8-5-6-11-21(18)20-13-14-24-22(16-20)28-25(31-24)23-12-7-15-29(23)26(30)27-17-19-9-3-2-4-10-19/h2-6,8-11,13-14,16,23H,7,12,15,17H2,1H3,(H,27,30). The monoisotopic (exact) mass is 411 g/mol. The van der Waals surface area contributed by atoms with Gasteiger partial charge < -0.3 is 14.6 Å². The molecule has 1 aliphatic rings. The van der Waals surface area contributed by atoms with Crippen molar-refractivity contribution in [2.45, 2.75) is 32.4 Å². The van der Waals surface area contributed by atoms with Crippen LogP contribution in [0.15, 0.2) is 77.2 Å². The van der Waals surface area contributed by atoms with E-state index in [-0.39, 0.29) is 12.1 Å². The lowest BCUT2D eigenvalue weighted by Crippen LogP contribution is -2.39. The number of fused-ring (bicyclic) bond motifs is 1. The largest absolute Gasteiger partial charge is 0.438 e. The summed E-state index contributed by atoms with van der Waals surface area (Å²) in [5.74, 6) is 0.615. The molecule has 1 N–H and O–H groups in total. The van der Waals surface area contributed by atoms with Crippen LogP contribution in [0.1, 0.15) is 35.9 Å². The molecule has 5 heteroatoms. The van der Waals surface area contributed by atoms with E-state index in [0.29, 0.717) is 19.0 Å². The Kier molecular flexibility index (Phi) is 5.16. The van der Waals surface area contributed by atoms with Crippen molar-refractivity contribution < 1.29 is 9.21 Å². The molecule has 0 aliphatic carbocycles. The molecular weight excluding hydrogens is 386 g/mol. The van der Waals surface area contributed by atoms with Crippen LogP contribution in [-0.2, 0) is 6.54 Å². The van der Waals surface area contributed by atoms with Crippen LogP contribution < -0.4 is 5.32 Å². The zero-order chi connectivity index (χ0) is 21.2. The number of likely N-dealkylation sites (tertiary alicyclic amines) is 1. The van der Waals surface area contributed by atoms with Gasteiger partial charge in [-0.05, 0) is 54.2 Å². The quantitative estimate of drug-likeness (QED) is 0.458. The third-order valence-corrected chi connectivity index (χ3v) is 5.95. The molecule has 1 aliphatic heterocycles. The fourth-order valence-corrected chi connectivity index (χ4v) is 4.29. The number of amides is 2. The van der Waals surface area contributed by atoms with Crippen molar-refractivity contribution in [3.05, 3.63) is 89.8 Å². The summed E-state index contributed by atoms with van der Waals surface area (Å²) in [6.45, 7) is 3.33. The van der Waals surface area contributed by atoms with Gasteiger partial charge in [-0.1, -0.05) is 60.7 Å².